The second-order valence-electron chi connectivity index (χ2n) is 10.8. The molecule has 14 heteroatoms. The van der Waals surface area contributed by atoms with Gasteiger partial charge in [0.2, 0.25) is 11.9 Å². The molecule has 3 aromatic rings. The minimum Gasteiger partial charge on any atom is -0.383 e. The Hall–Kier alpha value is -3.43. The van der Waals surface area contributed by atoms with E-state index < -0.39 is 0 Å². The minimum absolute atomic E-state index is 0.224. The third kappa shape index (κ3) is 9.78. The van der Waals surface area contributed by atoms with E-state index in [1.165, 1.54) is 0 Å². The first kappa shape index (κ1) is 34.4. The van der Waals surface area contributed by atoms with Crippen LogP contribution in [0.25, 0.3) is 11.0 Å². The highest BCUT2D eigenvalue weighted by Gasteiger charge is 2.27. The number of hydrogen-bond acceptors (Lipinski definition) is 14. The average molecular weight is 628 g/mol. The van der Waals surface area contributed by atoms with Crippen molar-refractivity contribution in [2.75, 3.05) is 128 Å². The van der Waals surface area contributed by atoms with E-state index in [0.717, 1.165) is 43.7 Å². The van der Waals surface area contributed by atoms with Gasteiger partial charge in [-0.2, -0.15) is 9.97 Å². The summed E-state index contributed by atoms with van der Waals surface area (Å²) in [7, 11) is 8.55. The molecule has 1 fully saturated rings. The number of piperidine rings is 1. The van der Waals surface area contributed by atoms with Crippen molar-refractivity contribution in [3.8, 4) is 0 Å². The van der Waals surface area contributed by atoms with Crippen LogP contribution in [0.4, 0.5) is 23.5 Å². The molecule has 248 valence electrons. The van der Waals surface area contributed by atoms with Crippen molar-refractivity contribution in [2.24, 2.45) is 0 Å². The predicted molar refractivity (Wildman–Crippen MR) is 176 cm³/mol. The van der Waals surface area contributed by atoms with Crippen molar-refractivity contribution < 1.29 is 23.7 Å². The van der Waals surface area contributed by atoms with Crippen molar-refractivity contribution in [3.63, 3.8) is 0 Å². The Labute approximate surface area is 266 Å². The number of rotatable bonds is 20. The fraction of sp³-hybridized carbons (Fsp3) is 0.645. The van der Waals surface area contributed by atoms with Crippen molar-refractivity contribution in [1.82, 2.24) is 24.9 Å². The molecule has 3 aromatic heterocycles. The summed E-state index contributed by atoms with van der Waals surface area (Å²) in [5.74, 6) is 2.58. The lowest BCUT2D eigenvalue weighted by atomic mass is 10.1. The highest BCUT2D eigenvalue weighted by molar-refractivity contribution is 5.95. The molecule has 0 atom stereocenters. The van der Waals surface area contributed by atoms with Crippen LogP contribution in [0.3, 0.4) is 0 Å². The summed E-state index contributed by atoms with van der Waals surface area (Å²) in [6.45, 7) is 6.76. The van der Waals surface area contributed by atoms with Crippen molar-refractivity contribution in [2.45, 2.75) is 25.4 Å². The molecule has 14 nitrogen and oxygen atoms in total. The van der Waals surface area contributed by atoms with Gasteiger partial charge in [0, 0.05) is 93.8 Å². The number of hydrogen-bond donors (Lipinski definition) is 1. The number of methoxy groups -OCH3 is 5. The lowest BCUT2D eigenvalue weighted by Crippen LogP contribution is -2.38. The van der Waals surface area contributed by atoms with Gasteiger partial charge in [-0.25, -0.2) is 9.97 Å². The molecule has 4 rings (SSSR count). The summed E-state index contributed by atoms with van der Waals surface area (Å²) in [5, 5.41) is 3.58. The molecule has 1 aliphatic heterocycles. The number of fused-ring (bicyclic) bond motifs is 1. The largest absolute Gasteiger partial charge is 0.383 e. The second kappa shape index (κ2) is 18.5. The Morgan fingerprint density at radius 1 is 0.778 bits per heavy atom. The fourth-order valence-corrected chi connectivity index (χ4v) is 5.21. The van der Waals surface area contributed by atoms with Gasteiger partial charge in [0.15, 0.2) is 11.6 Å². The normalized spacial score (nSPS) is 13.8. The first-order valence-electron chi connectivity index (χ1n) is 15.6. The molecule has 0 aliphatic carbocycles. The molecule has 45 heavy (non-hydrogen) atoms. The maximum Gasteiger partial charge on any atom is 0.228 e. The zero-order valence-electron chi connectivity index (χ0n) is 27.4. The van der Waals surface area contributed by atoms with E-state index in [1.807, 2.05) is 12.3 Å². The lowest BCUT2D eigenvalue weighted by molar-refractivity contribution is 0.0818. The number of nitrogens with zero attached hydrogens (tertiary/aromatic N) is 8. The Kier molecular flexibility index (Phi) is 14.2. The van der Waals surface area contributed by atoms with E-state index in [0.29, 0.717) is 87.9 Å². The third-order valence-electron chi connectivity index (χ3n) is 7.83. The van der Waals surface area contributed by atoms with E-state index in [4.69, 9.17) is 43.6 Å². The molecule has 0 spiro atoms. The number of pyridine rings is 1. The zero-order chi connectivity index (χ0) is 31.9. The minimum atomic E-state index is 0.224. The van der Waals surface area contributed by atoms with Gasteiger partial charge in [0.1, 0.15) is 11.0 Å². The second-order valence-corrected chi connectivity index (χ2v) is 10.8. The lowest BCUT2D eigenvalue weighted by Gasteiger charge is -2.33. The molecular formula is C31H49N9O5. The first-order chi connectivity index (χ1) is 22.1. The molecule has 4 heterocycles. The summed E-state index contributed by atoms with van der Waals surface area (Å²) in [6.07, 6.45) is 6.46. The monoisotopic (exact) mass is 627 g/mol. The van der Waals surface area contributed by atoms with E-state index >= 15 is 0 Å². The van der Waals surface area contributed by atoms with Crippen LogP contribution in [0.1, 0.15) is 18.4 Å². The Morgan fingerprint density at radius 3 is 1.89 bits per heavy atom. The van der Waals surface area contributed by atoms with Crippen LogP contribution in [0.2, 0.25) is 0 Å². The standard InChI is InChI=1S/C31H49N9O5/c1-41-19-15-39(16-20-42-2)30-35-27-26(28(36-30)33-12-8-24-7-6-11-32-23-24)34-31(40(17-21-43-3)18-22-44-4)37-29(27)38-13-9-25(45-5)10-14-38/h6-7,11,23,25H,8-10,12-22H2,1-5H3,(H,33,35,36). The topological polar surface area (TPSA) is 132 Å². The van der Waals surface area contributed by atoms with Gasteiger partial charge in [0.05, 0.1) is 32.5 Å². The highest BCUT2D eigenvalue weighted by atomic mass is 16.5. The Bertz CT molecular complexity index is 1270. The predicted octanol–water partition coefficient (Wildman–Crippen LogP) is 2.28. The van der Waals surface area contributed by atoms with Crippen LogP contribution in [0, 0.1) is 0 Å². The van der Waals surface area contributed by atoms with Gasteiger partial charge in [0.25, 0.3) is 0 Å². The molecule has 0 radical (unpaired) electrons. The molecule has 0 amide bonds. The van der Waals surface area contributed by atoms with Gasteiger partial charge in [-0.3, -0.25) is 4.98 Å². The van der Waals surface area contributed by atoms with Crippen molar-refractivity contribution in [3.05, 3.63) is 30.1 Å². The summed E-state index contributed by atoms with van der Waals surface area (Å²) in [6, 6.07) is 4.02. The number of ether oxygens (including phenoxy) is 5. The van der Waals surface area contributed by atoms with Crippen LogP contribution in [-0.4, -0.2) is 139 Å². The maximum absolute atomic E-state index is 5.67. The average Bonchev–Trinajstić information content (AvgIpc) is 3.08. The van der Waals surface area contributed by atoms with E-state index in [2.05, 4.69) is 31.1 Å². The van der Waals surface area contributed by atoms with E-state index in [1.54, 1.807) is 41.7 Å². The van der Waals surface area contributed by atoms with Crippen molar-refractivity contribution in [1.29, 1.82) is 0 Å². The molecule has 1 saturated heterocycles. The van der Waals surface area contributed by atoms with Gasteiger partial charge in [-0.1, -0.05) is 6.07 Å². The molecule has 1 aliphatic rings. The SMILES string of the molecule is COCCN(CCOC)c1nc(N2CCC(OC)CC2)c2nc(N(CCOC)CCOC)nc(NCCc3cccnc3)c2n1. The van der Waals surface area contributed by atoms with Crippen LogP contribution in [-0.2, 0) is 30.1 Å². The van der Waals surface area contributed by atoms with E-state index in [9.17, 15) is 0 Å². The van der Waals surface area contributed by atoms with Crippen LogP contribution < -0.4 is 20.0 Å². The maximum atomic E-state index is 5.67. The molecule has 1 N–H and O–H groups in total. The van der Waals surface area contributed by atoms with Gasteiger partial charge < -0.3 is 43.7 Å². The Morgan fingerprint density at radius 2 is 1.36 bits per heavy atom. The van der Waals surface area contributed by atoms with Crippen LogP contribution in [0.15, 0.2) is 24.5 Å². The molecule has 0 unspecified atom stereocenters. The van der Waals surface area contributed by atoms with Crippen molar-refractivity contribution >= 4 is 34.6 Å². The van der Waals surface area contributed by atoms with Gasteiger partial charge in [-0.15, -0.1) is 0 Å². The highest BCUT2D eigenvalue weighted by Crippen LogP contribution is 2.32. The molecule has 0 aromatic carbocycles. The number of aromatic nitrogens is 5. The van der Waals surface area contributed by atoms with Crippen LogP contribution in [0.5, 0.6) is 0 Å². The molecule has 0 bridgehead atoms. The fourth-order valence-electron chi connectivity index (χ4n) is 5.21. The van der Waals surface area contributed by atoms with Gasteiger partial charge in [-0.05, 0) is 30.9 Å². The molecular weight excluding hydrogens is 578 g/mol. The Balaban J connectivity index is 1.84. The summed E-state index contributed by atoms with van der Waals surface area (Å²) in [5.41, 5.74) is 2.49. The number of anilines is 4. The van der Waals surface area contributed by atoms with Gasteiger partial charge >= 0.3 is 0 Å². The molecule has 0 saturated carbocycles. The third-order valence-corrected chi connectivity index (χ3v) is 7.83. The first-order valence-corrected chi connectivity index (χ1v) is 15.6. The summed E-state index contributed by atoms with van der Waals surface area (Å²) < 4.78 is 27.4. The number of nitrogens with one attached hydrogen (secondary N) is 1. The smallest absolute Gasteiger partial charge is 0.228 e. The summed E-state index contributed by atoms with van der Waals surface area (Å²) >= 11 is 0. The van der Waals surface area contributed by atoms with E-state index in [-0.39, 0.29) is 6.10 Å². The van der Waals surface area contributed by atoms with Crippen LogP contribution >= 0.6 is 0 Å². The zero-order valence-corrected chi connectivity index (χ0v) is 27.4. The summed E-state index contributed by atoms with van der Waals surface area (Å²) in [4.78, 5) is 31.2. The quantitative estimate of drug-likeness (QED) is 0.196.